The maximum absolute atomic E-state index is 11.6. The first-order valence-corrected chi connectivity index (χ1v) is 5.58. The predicted octanol–water partition coefficient (Wildman–Crippen LogP) is 3.20. The van der Waals surface area contributed by atoms with Crippen molar-refractivity contribution in [3.63, 3.8) is 0 Å². The fourth-order valence-corrected chi connectivity index (χ4v) is 1.76. The summed E-state index contributed by atoms with van der Waals surface area (Å²) in [5.41, 5.74) is 1.44. The summed E-state index contributed by atoms with van der Waals surface area (Å²) in [5, 5.41) is 0. The number of methoxy groups -OCH3 is 2. The Labute approximate surface area is 103 Å². The molecule has 1 aromatic carbocycles. The van der Waals surface area contributed by atoms with E-state index in [0.29, 0.717) is 17.1 Å². The van der Waals surface area contributed by atoms with Crippen LogP contribution in [0.2, 0.25) is 0 Å². The van der Waals surface area contributed by atoms with Gasteiger partial charge in [-0.25, -0.2) is 0 Å². The van der Waals surface area contributed by atoms with Crippen LogP contribution in [0.4, 0.5) is 0 Å². The highest BCUT2D eigenvalue weighted by molar-refractivity contribution is 5.97. The third kappa shape index (κ3) is 2.78. The monoisotopic (exact) mass is 236 g/mol. The molecule has 1 aromatic rings. The van der Waals surface area contributed by atoms with Gasteiger partial charge in [0.25, 0.3) is 0 Å². The molecule has 0 bridgehead atoms. The average Bonchev–Trinajstić information content (AvgIpc) is 2.25. The van der Waals surface area contributed by atoms with E-state index in [2.05, 4.69) is 20.8 Å². The van der Waals surface area contributed by atoms with Gasteiger partial charge >= 0.3 is 0 Å². The second-order valence-electron chi connectivity index (χ2n) is 5.06. The van der Waals surface area contributed by atoms with Gasteiger partial charge in [-0.3, -0.25) is 4.79 Å². The van der Waals surface area contributed by atoms with Crippen molar-refractivity contribution in [2.75, 3.05) is 14.2 Å². The van der Waals surface area contributed by atoms with Crippen LogP contribution in [0, 0.1) is 0 Å². The number of rotatable bonds is 3. The lowest BCUT2D eigenvalue weighted by molar-refractivity contribution is 0.101. The van der Waals surface area contributed by atoms with E-state index < -0.39 is 0 Å². The van der Waals surface area contributed by atoms with Crippen LogP contribution in [0.3, 0.4) is 0 Å². The third-order valence-corrected chi connectivity index (χ3v) is 2.69. The Balaban J connectivity index is 3.56. The van der Waals surface area contributed by atoms with Crippen LogP contribution < -0.4 is 9.47 Å². The highest BCUT2D eigenvalue weighted by Crippen LogP contribution is 2.37. The number of benzene rings is 1. The summed E-state index contributed by atoms with van der Waals surface area (Å²) in [6, 6.07) is 3.64. The fourth-order valence-electron chi connectivity index (χ4n) is 1.76. The maximum atomic E-state index is 11.6. The highest BCUT2D eigenvalue weighted by atomic mass is 16.5. The van der Waals surface area contributed by atoms with Crippen molar-refractivity contribution >= 4 is 5.78 Å². The van der Waals surface area contributed by atoms with Crippen LogP contribution in [0.15, 0.2) is 12.1 Å². The van der Waals surface area contributed by atoms with Gasteiger partial charge in [0.2, 0.25) is 0 Å². The van der Waals surface area contributed by atoms with Gasteiger partial charge < -0.3 is 9.47 Å². The van der Waals surface area contributed by atoms with Gasteiger partial charge in [0.15, 0.2) is 5.78 Å². The molecule has 17 heavy (non-hydrogen) atoms. The summed E-state index contributed by atoms with van der Waals surface area (Å²) >= 11 is 0. The molecule has 0 N–H and O–H groups in total. The van der Waals surface area contributed by atoms with E-state index in [4.69, 9.17) is 9.47 Å². The number of ether oxygens (including phenoxy) is 2. The van der Waals surface area contributed by atoms with Gasteiger partial charge in [-0.2, -0.15) is 0 Å². The number of carbonyl (C=O) groups excluding carboxylic acids is 1. The van der Waals surface area contributed by atoms with Gasteiger partial charge in [0, 0.05) is 5.56 Å². The molecule has 0 spiro atoms. The van der Waals surface area contributed by atoms with Crippen LogP contribution in [0.25, 0.3) is 0 Å². The Morgan fingerprint density at radius 2 is 1.71 bits per heavy atom. The van der Waals surface area contributed by atoms with E-state index in [1.54, 1.807) is 20.3 Å². The Hall–Kier alpha value is -1.51. The zero-order valence-corrected chi connectivity index (χ0v) is 11.4. The molecule has 94 valence electrons. The topological polar surface area (TPSA) is 35.5 Å². The fraction of sp³-hybridized carbons (Fsp3) is 0.500. The lowest BCUT2D eigenvalue weighted by atomic mass is 9.84. The number of hydrogen-bond donors (Lipinski definition) is 0. The minimum absolute atomic E-state index is 0.0220. The predicted molar refractivity (Wildman–Crippen MR) is 68.3 cm³/mol. The Morgan fingerprint density at radius 3 is 2.06 bits per heavy atom. The molecule has 0 aliphatic carbocycles. The summed E-state index contributed by atoms with van der Waals surface area (Å²) in [6.45, 7) is 7.76. The molecular weight excluding hydrogens is 216 g/mol. The largest absolute Gasteiger partial charge is 0.497 e. The number of hydrogen-bond acceptors (Lipinski definition) is 3. The zero-order valence-electron chi connectivity index (χ0n) is 11.4. The quantitative estimate of drug-likeness (QED) is 0.756. The molecule has 3 nitrogen and oxygen atoms in total. The molecule has 0 amide bonds. The summed E-state index contributed by atoms with van der Waals surface area (Å²) in [7, 11) is 3.18. The maximum Gasteiger partial charge on any atom is 0.163 e. The van der Waals surface area contributed by atoms with Crippen LogP contribution in [-0.2, 0) is 5.41 Å². The zero-order chi connectivity index (χ0) is 13.2. The molecule has 0 unspecified atom stereocenters. The van der Waals surface area contributed by atoms with E-state index in [1.807, 2.05) is 6.07 Å². The molecule has 1 rings (SSSR count). The normalized spacial score (nSPS) is 11.2. The summed E-state index contributed by atoms with van der Waals surface area (Å²) in [5.74, 6) is 1.30. The first kappa shape index (κ1) is 13.6. The van der Waals surface area contributed by atoms with E-state index in [1.165, 1.54) is 6.92 Å². The summed E-state index contributed by atoms with van der Waals surface area (Å²) in [6.07, 6.45) is 0. The van der Waals surface area contributed by atoms with Crippen molar-refractivity contribution in [2.24, 2.45) is 0 Å². The van der Waals surface area contributed by atoms with Crippen molar-refractivity contribution in [3.05, 3.63) is 23.3 Å². The summed E-state index contributed by atoms with van der Waals surface area (Å²) < 4.78 is 10.6. The minimum atomic E-state index is -0.107. The Bertz CT molecular complexity index is 428. The molecule has 0 aliphatic rings. The first-order chi connectivity index (χ1) is 7.81. The van der Waals surface area contributed by atoms with Crippen LogP contribution in [0.1, 0.15) is 43.6 Å². The van der Waals surface area contributed by atoms with Crippen molar-refractivity contribution in [3.8, 4) is 11.5 Å². The van der Waals surface area contributed by atoms with Crippen molar-refractivity contribution in [2.45, 2.75) is 33.1 Å². The first-order valence-electron chi connectivity index (χ1n) is 5.58. The smallest absolute Gasteiger partial charge is 0.163 e. The van der Waals surface area contributed by atoms with E-state index in [0.717, 1.165) is 5.56 Å². The molecule has 0 saturated carbocycles. The van der Waals surface area contributed by atoms with Gasteiger partial charge in [0.05, 0.1) is 19.8 Å². The molecule has 0 radical (unpaired) electrons. The minimum Gasteiger partial charge on any atom is -0.497 e. The van der Waals surface area contributed by atoms with Crippen molar-refractivity contribution in [1.29, 1.82) is 0 Å². The second kappa shape index (κ2) is 4.78. The third-order valence-electron chi connectivity index (χ3n) is 2.69. The van der Waals surface area contributed by atoms with Gasteiger partial charge in [-0.15, -0.1) is 0 Å². The molecule has 0 atom stereocenters. The second-order valence-corrected chi connectivity index (χ2v) is 5.06. The standard InChI is InChI=1S/C14H20O3/c1-9(15)11-7-10(16-5)8-12(13(11)17-6)14(2,3)4/h7-8H,1-6H3. The highest BCUT2D eigenvalue weighted by Gasteiger charge is 2.24. The average molecular weight is 236 g/mol. The Kier molecular flexibility index (Phi) is 3.81. The van der Waals surface area contributed by atoms with Crippen LogP contribution in [-0.4, -0.2) is 20.0 Å². The molecule has 0 aromatic heterocycles. The molecule has 0 saturated heterocycles. The summed E-state index contributed by atoms with van der Waals surface area (Å²) in [4.78, 5) is 11.6. The van der Waals surface area contributed by atoms with Crippen LogP contribution in [0.5, 0.6) is 11.5 Å². The lowest BCUT2D eigenvalue weighted by Crippen LogP contribution is -2.15. The number of ketones is 1. The van der Waals surface area contributed by atoms with E-state index in [-0.39, 0.29) is 11.2 Å². The van der Waals surface area contributed by atoms with E-state index in [9.17, 15) is 4.79 Å². The van der Waals surface area contributed by atoms with E-state index >= 15 is 0 Å². The number of Topliss-reactive ketones (excluding diaryl/α,β-unsaturated/α-hetero) is 1. The van der Waals surface area contributed by atoms with Crippen molar-refractivity contribution < 1.29 is 14.3 Å². The Morgan fingerprint density at radius 1 is 1.12 bits per heavy atom. The van der Waals surface area contributed by atoms with Gasteiger partial charge in [0.1, 0.15) is 11.5 Å². The van der Waals surface area contributed by atoms with Gasteiger partial charge in [-0.1, -0.05) is 20.8 Å². The molecule has 0 heterocycles. The SMILES string of the molecule is COc1cc(C(C)=O)c(OC)c(C(C)(C)C)c1. The molecule has 3 heteroatoms. The molecular formula is C14H20O3. The molecule has 0 fully saturated rings. The molecule has 0 aliphatic heterocycles. The lowest BCUT2D eigenvalue weighted by Gasteiger charge is -2.24. The number of carbonyl (C=O) groups is 1. The van der Waals surface area contributed by atoms with Gasteiger partial charge in [-0.05, 0) is 24.5 Å². The van der Waals surface area contributed by atoms with Crippen molar-refractivity contribution in [1.82, 2.24) is 0 Å². The van der Waals surface area contributed by atoms with Crippen LogP contribution >= 0.6 is 0 Å².